The molecule has 3 heterocycles. The number of halogens is 1. The van der Waals surface area contributed by atoms with Crippen LogP contribution in [0.3, 0.4) is 0 Å². The molecule has 38 heavy (non-hydrogen) atoms. The van der Waals surface area contributed by atoms with E-state index in [2.05, 4.69) is 10.00 Å². The summed E-state index contributed by atoms with van der Waals surface area (Å²) in [5.41, 5.74) is 2.66. The summed E-state index contributed by atoms with van der Waals surface area (Å²) in [6, 6.07) is 25.5. The number of anilines is 1. The predicted octanol–water partition coefficient (Wildman–Crippen LogP) is 5.47. The van der Waals surface area contributed by atoms with Crippen molar-refractivity contribution in [3.8, 4) is 11.5 Å². The first-order valence-corrected chi connectivity index (χ1v) is 12.8. The van der Waals surface area contributed by atoms with Gasteiger partial charge in [-0.25, -0.2) is 14.1 Å². The number of rotatable bonds is 5. The third-order valence-corrected chi connectivity index (χ3v) is 7.20. The average Bonchev–Trinajstić information content (AvgIpc) is 3.41. The maximum atomic E-state index is 14.0. The minimum atomic E-state index is -0.494. The molecule has 3 aromatic carbocycles. The number of carbonyl (C=O) groups excluding carboxylic acids is 1. The number of ether oxygens (including phenoxy) is 1. The van der Waals surface area contributed by atoms with E-state index in [1.54, 1.807) is 18.3 Å². The third kappa shape index (κ3) is 4.65. The van der Waals surface area contributed by atoms with Gasteiger partial charge in [-0.1, -0.05) is 30.3 Å². The van der Waals surface area contributed by atoms with Crippen molar-refractivity contribution in [2.24, 2.45) is 10.9 Å². The zero-order valence-electron chi connectivity index (χ0n) is 21.1. The van der Waals surface area contributed by atoms with Crippen molar-refractivity contribution in [2.75, 3.05) is 31.1 Å². The first-order chi connectivity index (χ1) is 18.6. The minimum absolute atomic E-state index is 0.0329. The highest BCUT2D eigenvalue weighted by atomic mass is 19.1. The Labute approximate surface area is 220 Å². The SMILES string of the molecule is CC1=Nc2ccnn2C(c2cccc(Oc3ccccc3)c2)C1C(=O)N1CCN(c2ccc(F)cc2)CC1. The van der Waals surface area contributed by atoms with Crippen molar-refractivity contribution in [3.63, 3.8) is 0 Å². The van der Waals surface area contributed by atoms with Crippen LogP contribution < -0.4 is 9.64 Å². The normalized spacial score (nSPS) is 19.1. The fourth-order valence-electron chi connectivity index (χ4n) is 5.30. The van der Waals surface area contributed by atoms with Crippen LogP contribution in [0.1, 0.15) is 18.5 Å². The lowest BCUT2D eigenvalue weighted by Gasteiger charge is -2.40. The van der Waals surface area contributed by atoms with Crippen molar-refractivity contribution in [3.05, 3.63) is 103 Å². The van der Waals surface area contributed by atoms with E-state index in [0.717, 1.165) is 28.5 Å². The average molecular weight is 510 g/mol. The number of nitrogens with zero attached hydrogens (tertiary/aromatic N) is 5. The zero-order chi connectivity index (χ0) is 26.1. The molecular formula is C30H28FN5O2. The zero-order valence-corrected chi connectivity index (χ0v) is 21.1. The van der Waals surface area contributed by atoms with Crippen LogP contribution in [0.5, 0.6) is 11.5 Å². The molecule has 2 aliphatic rings. The van der Waals surface area contributed by atoms with Gasteiger partial charge in [0.1, 0.15) is 23.2 Å². The summed E-state index contributed by atoms with van der Waals surface area (Å²) in [4.78, 5) is 22.9. The number of para-hydroxylation sites is 1. The first kappa shape index (κ1) is 23.9. The minimum Gasteiger partial charge on any atom is -0.457 e. The van der Waals surface area contributed by atoms with Gasteiger partial charge >= 0.3 is 0 Å². The van der Waals surface area contributed by atoms with Gasteiger partial charge in [0, 0.05) is 43.6 Å². The number of carbonyl (C=O) groups is 1. The van der Waals surface area contributed by atoms with E-state index in [9.17, 15) is 9.18 Å². The maximum Gasteiger partial charge on any atom is 0.234 e. The van der Waals surface area contributed by atoms with Crippen LogP contribution in [-0.4, -0.2) is 52.5 Å². The van der Waals surface area contributed by atoms with Gasteiger partial charge in [0.05, 0.1) is 12.2 Å². The van der Waals surface area contributed by atoms with Gasteiger partial charge < -0.3 is 14.5 Å². The fraction of sp³-hybridized carbons (Fsp3) is 0.233. The highest BCUT2D eigenvalue weighted by Gasteiger charge is 2.41. The molecule has 1 amide bonds. The molecule has 2 atom stereocenters. The second-order valence-corrected chi connectivity index (χ2v) is 9.59. The van der Waals surface area contributed by atoms with Crippen molar-refractivity contribution >= 4 is 23.1 Å². The van der Waals surface area contributed by atoms with Crippen molar-refractivity contribution in [2.45, 2.75) is 13.0 Å². The molecule has 0 spiro atoms. The van der Waals surface area contributed by atoms with E-state index in [1.807, 2.05) is 77.2 Å². The molecule has 2 unspecified atom stereocenters. The molecule has 192 valence electrons. The third-order valence-electron chi connectivity index (χ3n) is 7.20. The number of hydrogen-bond acceptors (Lipinski definition) is 5. The number of fused-ring (bicyclic) bond motifs is 1. The van der Waals surface area contributed by atoms with Crippen molar-refractivity contribution in [1.29, 1.82) is 0 Å². The number of piperazine rings is 1. The number of hydrogen-bond donors (Lipinski definition) is 0. The smallest absolute Gasteiger partial charge is 0.234 e. The summed E-state index contributed by atoms with van der Waals surface area (Å²) in [5.74, 6) is 1.46. The van der Waals surface area contributed by atoms with E-state index in [0.29, 0.717) is 31.9 Å². The van der Waals surface area contributed by atoms with E-state index < -0.39 is 5.92 Å². The molecule has 0 bridgehead atoms. The Kier molecular flexibility index (Phi) is 6.37. The number of aliphatic imine (C=N–C) groups is 1. The highest BCUT2D eigenvalue weighted by molar-refractivity contribution is 6.05. The van der Waals surface area contributed by atoms with Crippen LogP contribution in [0, 0.1) is 11.7 Å². The molecule has 0 radical (unpaired) electrons. The summed E-state index contributed by atoms with van der Waals surface area (Å²) in [7, 11) is 0. The Bertz CT molecular complexity index is 1460. The van der Waals surface area contributed by atoms with Crippen LogP contribution in [0.15, 0.2) is 96.1 Å². The molecule has 1 saturated heterocycles. The molecule has 1 fully saturated rings. The van der Waals surface area contributed by atoms with Gasteiger partial charge in [-0.05, 0) is 61.0 Å². The summed E-state index contributed by atoms with van der Waals surface area (Å²) in [6.45, 7) is 4.44. The molecule has 0 aliphatic carbocycles. The van der Waals surface area contributed by atoms with E-state index in [1.165, 1.54) is 12.1 Å². The number of benzene rings is 3. The molecule has 4 aromatic rings. The lowest BCUT2D eigenvalue weighted by atomic mass is 9.86. The second kappa shape index (κ2) is 10.1. The van der Waals surface area contributed by atoms with Gasteiger partial charge in [-0.15, -0.1) is 0 Å². The lowest BCUT2D eigenvalue weighted by Crippen LogP contribution is -2.53. The molecule has 0 saturated carbocycles. The standard InChI is InChI=1S/C30H28FN5O2/c1-21-28(30(37)35-18-16-34(17-19-35)24-12-10-23(31)11-13-24)29(36-27(33-21)14-15-32-36)22-6-5-9-26(20-22)38-25-7-3-2-4-8-25/h2-15,20,28-29H,16-19H2,1H3. The van der Waals surface area contributed by atoms with E-state index in [4.69, 9.17) is 9.73 Å². The molecule has 6 rings (SSSR count). The Morgan fingerprint density at radius 1 is 0.895 bits per heavy atom. The van der Waals surface area contributed by atoms with Crippen LogP contribution in [-0.2, 0) is 4.79 Å². The molecule has 0 N–H and O–H groups in total. The summed E-state index contributed by atoms with van der Waals surface area (Å²) in [5, 5.41) is 4.56. The Balaban J connectivity index is 1.26. The Morgan fingerprint density at radius 2 is 1.63 bits per heavy atom. The quantitative estimate of drug-likeness (QED) is 0.358. The monoisotopic (exact) mass is 509 g/mol. The lowest BCUT2D eigenvalue weighted by molar-refractivity contribution is -0.134. The molecule has 1 aromatic heterocycles. The summed E-state index contributed by atoms with van der Waals surface area (Å²) < 4.78 is 21.3. The largest absolute Gasteiger partial charge is 0.457 e. The number of aromatic nitrogens is 2. The van der Waals surface area contributed by atoms with Gasteiger partial charge in [-0.2, -0.15) is 5.10 Å². The molecule has 2 aliphatic heterocycles. The molecule has 7 nitrogen and oxygen atoms in total. The first-order valence-electron chi connectivity index (χ1n) is 12.8. The second-order valence-electron chi connectivity index (χ2n) is 9.59. The van der Waals surface area contributed by atoms with Crippen LogP contribution >= 0.6 is 0 Å². The summed E-state index contributed by atoms with van der Waals surface area (Å²) in [6.07, 6.45) is 1.72. The van der Waals surface area contributed by atoms with Crippen molar-refractivity contribution < 1.29 is 13.9 Å². The van der Waals surface area contributed by atoms with Gasteiger partial charge in [-0.3, -0.25) is 4.79 Å². The topological polar surface area (TPSA) is 63.0 Å². The molecule has 8 heteroatoms. The van der Waals surface area contributed by atoms with Gasteiger partial charge in [0.15, 0.2) is 5.82 Å². The predicted molar refractivity (Wildman–Crippen MR) is 145 cm³/mol. The maximum absolute atomic E-state index is 14.0. The van der Waals surface area contributed by atoms with Crippen molar-refractivity contribution in [1.82, 2.24) is 14.7 Å². The fourth-order valence-corrected chi connectivity index (χ4v) is 5.30. The van der Waals surface area contributed by atoms with E-state index >= 15 is 0 Å². The van der Waals surface area contributed by atoms with Crippen LogP contribution in [0.2, 0.25) is 0 Å². The molecular weight excluding hydrogens is 481 g/mol. The highest BCUT2D eigenvalue weighted by Crippen LogP contribution is 2.38. The Hall–Kier alpha value is -4.46. The van der Waals surface area contributed by atoms with Crippen LogP contribution in [0.4, 0.5) is 15.9 Å². The Morgan fingerprint density at radius 3 is 2.39 bits per heavy atom. The van der Waals surface area contributed by atoms with Crippen LogP contribution in [0.25, 0.3) is 0 Å². The van der Waals surface area contributed by atoms with E-state index in [-0.39, 0.29) is 17.8 Å². The van der Waals surface area contributed by atoms with Gasteiger partial charge in [0.25, 0.3) is 0 Å². The van der Waals surface area contributed by atoms with Gasteiger partial charge in [0.2, 0.25) is 5.91 Å². The number of amides is 1. The summed E-state index contributed by atoms with van der Waals surface area (Å²) >= 11 is 0.